The zero-order valence-corrected chi connectivity index (χ0v) is 22.7. The van der Waals surface area contributed by atoms with Crippen molar-refractivity contribution in [3.05, 3.63) is 70.8 Å². The van der Waals surface area contributed by atoms with Crippen molar-refractivity contribution in [1.29, 1.82) is 0 Å². The Balaban J connectivity index is 1.49. The highest BCUT2D eigenvalue weighted by atomic mass is 19.4. The first-order valence-electron chi connectivity index (χ1n) is 13.5. The molecule has 39 heavy (non-hydrogen) atoms. The van der Waals surface area contributed by atoms with Crippen LogP contribution in [0.15, 0.2) is 48.5 Å². The van der Waals surface area contributed by atoms with Crippen LogP contribution >= 0.6 is 0 Å². The molecule has 2 aliphatic heterocycles. The number of carbonyl (C=O) groups is 3. The minimum absolute atomic E-state index is 0.0220. The summed E-state index contributed by atoms with van der Waals surface area (Å²) in [5, 5.41) is 0. The fraction of sp³-hybridized carbons (Fsp3) is 0.500. The van der Waals surface area contributed by atoms with Gasteiger partial charge in [0.05, 0.1) is 5.56 Å². The number of rotatable bonds is 5. The van der Waals surface area contributed by atoms with Gasteiger partial charge in [0.1, 0.15) is 0 Å². The Labute approximate surface area is 227 Å². The van der Waals surface area contributed by atoms with Gasteiger partial charge < -0.3 is 14.7 Å². The van der Waals surface area contributed by atoms with E-state index in [1.807, 2.05) is 35.2 Å². The second-order valence-electron chi connectivity index (χ2n) is 10.9. The van der Waals surface area contributed by atoms with Crippen LogP contribution in [0, 0.1) is 18.8 Å². The van der Waals surface area contributed by atoms with E-state index < -0.39 is 17.7 Å². The summed E-state index contributed by atoms with van der Waals surface area (Å²) in [5.74, 6) is -0.809. The lowest BCUT2D eigenvalue weighted by Crippen LogP contribution is -2.50. The molecule has 0 aliphatic carbocycles. The van der Waals surface area contributed by atoms with E-state index in [0.29, 0.717) is 56.6 Å². The number of benzene rings is 2. The largest absolute Gasteiger partial charge is 0.416 e. The van der Waals surface area contributed by atoms with E-state index in [2.05, 4.69) is 0 Å². The van der Waals surface area contributed by atoms with Crippen molar-refractivity contribution in [3.8, 4) is 0 Å². The Morgan fingerprint density at radius 2 is 1.59 bits per heavy atom. The van der Waals surface area contributed by atoms with Crippen molar-refractivity contribution in [3.63, 3.8) is 0 Å². The molecule has 6 nitrogen and oxygen atoms in total. The van der Waals surface area contributed by atoms with Crippen LogP contribution in [0.1, 0.15) is 54.4 Å². The molecule has 0 unspecified atom stereocenters. The van der Waals surface area contributed by atoms with Crippen molar-refractivity contribution in [1.82, 2.24) is 14.7 Å². The van der Waals surface area contributed by atoms with Gasteiger partial charge in [-0.05, 0) is 49.4 Å². The van der Waals surface area contributed by atoms with Crippen LogP contribution in [0.4, 0.5) is 13.2 Å². The van der Waals surface area contributed by atoms with Gasteiger partial charge in [-0.3, -0.25) is 14.4 Å². The summed E-state index contributed by atoms with van der Waals surface area (Å²) >= 11 is 0. The van der Waals surface area contributed by atoms with E-state index in [0.717, 1.165) is 17.7 Å². The molecule has 2 saturated heterocycles. The molecule has 2 aromatic rings. The zero-order valence-electron chi connectivity index (χ0n) is 22.7. The molecule has 2 fully saturated rings. The smallest absolute Gasteiger partial charge is 0.343 e. The van der Waals surface area contributed by atoms with Crippen molar-refractivity contribution in [2.24, 2.45) is 11.8 Å². The normalized spacial score (nSPS) is 20.6. The van der Waals surface area contributed by atoms with Gasteiger partial charge in [0.25, 0.3) is 0 Å². The number of piperidine rings is 2. The molecule has 0 saturated carbocycles. The van der Waals surface area contributed by atoms with Crippen LogP contribution in [-0.2, 0) is 27.1 Å². The summed E-state index contributed by atoms with van der Waals surface area (Å²) in [6, 6.07) is 13.5. The van der Waals surface area contributed by atoms with Gasteiger partial charge in [0.15, 0.2) is 0 Å². The maximum Gasteiger partial charge on any atom is 0.416 e. The van der Waals surface area contributed by atoms with Gasteiger partial charge >= 0.3 is 6.18 Å². The number of alkyl halides is 3. The molecule has 0 spiro atoms. The Bertz CT molecular complexity index is 1190. The minimum Gasteiger partial charge on any atom is -0.343 e. The highest BCUT2D eigenvalue weighted by Crippen LogP contribution is 2.36. The zero-order chi connectivity index (χ0) is 28.3. The number of hydrogen-bond donors (Lipinski definition) is 0. The average molecular weight is 544 g/mol. The number of aryl methyl sites for hydroxylation is 1. The van der Waals surface area contributed by atoms with Crippen LogP contribution in [0.25, 0.3) is 0 Å². The molecule has 0 bridgehead atoms. The van der Waals surface area contributed by atoms with E-state index in [9.17, 15) is 27.6 Å². The SMILES string of the molecule is CC(=O)N1CCC(C(=O)N2CC[C@H](C(=O)N(C)Cc3cc(C)cc(C(F)(F)F)c3)[C@H](c3ccccc3)C2)CC1. The Morgan fingerprint density at radius 3 is 2.21 bits per heavy atom. The predicted octanol–water partition coefficient (Wildman–Crippen LogP) is 4.86. The molecular formula is C30H36F3N3O3. The van der Waals surface area contributed by atoms with Crippen molar-refractivity contribution in [2.75, 3.05) is 33.2 Å². The molecule has 210 valence electrons. The van der Waals surface area contributed by atoms with Gasteiger partial charge in [0, 0.05) is 64.4 Å². The fourth-order valence-corrected chi connectivity index (χ4v) is 5.94. The molecular weight excluding hydrogens is 507 g/mol. The highest BCUT2D eigenvalue weighted by molar-refractivity contribution is 5.82. The van der Waals surface area contributed by atoms with Gasteiger partial charge in [-0.15, -0.1) is 0 Å². The van der Waals surface area contributed by atoms with Crippen molar-refractivity contribution >= 4 is 17.7 Å². The standard InChI is InChI=1S/C30H36F3N3O3/c1-20-15-22(17-25(16-20)30(31,32)33)18-34(3)29(39)26-11-14-36(19-27(26)23-7-5-4-6-8-23)28(38)24-9-12-35(13-10-24)21(2)37/h4-8,15-17,24,26-27H,9-14,18-19H2,1-3H3/t26-,27-/m0/s1. The quantitative estimate of drug-likeness (QED) is 0.541. The first kappa shape index (κ1) is 28.6. The first-order chi connectivity index (χ1) is 18.4. The Hall–Kier alpha value is -3.36. The average Bonchev–Trinajstić information content (AvgIpc) is 2.91. The highest BCUT2D eigenvalue weighted by Gasteiger charge is 2.40. The maximum absolute atomic E-state index is 13.7. The van der Waals surface area contributed by atoms with Crippen molar-refractivity contribution < 1.29 is 27.6 Å². The molecule has 2 aromatic carbocycles. The molecule has 0 radical (unpaired) electrons. The van der Waals surface area contributed by atoms with Crippen LogP contribution < -0.4 is 0 Å². The van der Waals surface area contributed by atoms with E-state index in [1.165, 1.54) is 4.90 Å². The summed E-state index contributed by atoms with van der Waals surface area (Å²) in [6.45, 7) is 5.22. The summed E-state index contributed by atoms with van der Waals surface area (Å²) in [5.41, 5.74) is 1.16. The number of likely N-dealkylation sites (tertiary alicyclic amines) is 2. The third-order valence-corrected chi connectivity index (χ3v) is 8.02. The molecule has 0 aromatic heterocycles. The lowest BCUT2D eigenvalue weighted by Gasteiger charge is -2.41. The second kappa shape index (κ2) is 11.8. The Morgan fingerprint density at radius 1 is 0.949 bits per heavy atom. The summed E-state index contributed by atoms with van der Waals surface area (Å²) in [6.07, 6.45) is -2.72. The van der Waals surface area contributed by atoms with Gasteiger partial charge in [-0.25, -0.2) is 0 Å². The van der Waals surface area contributed by atoms with Gasteiger partial charge in [-0.2, -0.15) is 13.2 Å². The lowest BCUT2D eigenvalue weighted by atomic mass is 9.79. The first-order valence-corrected chi connectivity index (χ1v) is 13.5. The maximum atomic E-state index is 13.7. The molecule has 2 heterocycles. The van der Waals surface area contributed by atoms with E-state index in [1.54, 1.807) is 31.9 Å². The topological polar surface area (TPSA) is 60.9 Å². The number of amides is 3. The van der Waals surface area contributed by atoms with Gasteiger partial charge in [0.2, 0.25) is 17.7 Å². The fourth-order valence-electron chi connectivity index (χ4n) is 5.94. The summed E-state index contributed by atoms with van der Waals surface area (Å²) in [7, 11) is 1.63. The number of nitrogens with zero attached hydrogens (tertiary/aromatic N) is 3. The molecule has 0 N–H and O–H groups in total. The van der Waals surface area contributed by atoms with Gasteiger partial charge in [-0.1, -0.05) is 42.0 Å². The monoisotopic (exact) mass is 543 g/mol. The molecule has 4 rings (SSSR count). The number of hydrogen-bond acceptors (Lipinski definition) is 3. The van der Waals surface area contributed by atoms with Crippen LogP contribution in [0.2, 0.25) is 0 Å². The Kier molecular flexibility index (Phi) is 8.67. The predicted molar refractivity (Wildman–Crippen MR) is 142 cm³/mol. The van der Waals surface area contributed by atoms with Crippen LogP contribution in [-0.4, -0.2) is 65.6 Å². The molecule has 3 amide bonds. The van der Waals surface area contributed by atoms with E-state index >= 15 is 0 Å². The van der Waals surface area contributed by atoms with E-state index in [-0.39, 0.29) is 36.1 Å². The summed E-state index contributed by atoms with van der Waals surface area (Å²) < 4.78 is 40.0. The molecule has 2 aliphatic rings. The third-order valence-electron chi connectivity index (χ3n) is 8.02. The lowest BCUT2D eigenvalue weighted by molar-refractivity contribution is -0.145. The molecule has 9 heteroatoms. The minimum atomic E-state index is -4.45. The third kappa shape index (κ3) is 6.81. The summed E-state index contributed by atoms with van der Waals surface area (Å²) in [4.78, 5) is 43.9. The number of carbonyl (C=O) groups excluding carboxylic acids is 3. The van der Waals surface area contributed by atoms with Crippen LogP contribution in [0.5, 0.6) is 0 Å². The second-order valence-corrected chi connectivity index (χ2v) is 10.9. The van der Waals surface area contributed by atoms with Crippen molar-refractivity contribution in [2.45, 2.75) is 51.7 Å². The number of halogens is 3. The molecule has 2 atom stereocenters. The van der Waals surface area contributed by atoms with Crippen LogP contribution in [0.3, 0.4) is 0 Å². The van der Waals surface area contributed by atoms with E-state index in [4.69, 9.17) is 0 Å².